The standard InChI is InChI=1S/C10H11N3O/c1-14-9-5-3-2-4-8(9)12-10-6-7-11-13-10/h2-7H,1H3,(H2,11,12,13). The van der Waals surface area contributed by atoms with E-state index in [1.165, 1.54) is 0 Å². The molecule has 0 spiro atoms. The maximum Gasteiger partial charge on any atom is 0.152 e. The number of hydrogen-bond acceptors (Lipinski definition) is 3. The summed E-state index contributed by atoms with van der Waals surface area (Å²) in [7, 11) is 1.64. The molecular weight excluding hydrogens is 178 g/mol. The third kappa shape index (κ3) is 1.69. The Morgan fingerprint density at radius 3 is 2.86 bits per heavy atom. The second-order valence-corrected chi connectivity index (χ2v) is 2.78. The smallest absolute Gasteiger partial charge is 0.152 e. The molecule has 0 atom stereocenters. The maximum atomic E-state index is 5.19. The topological polar surface area (TPSA) is 49.9 Å². The van der Waals surface area contributed by atoms with Crippen molar-refractivity contribution in [1.82, 2.24) is 10.2 Å². The molecule has 0 amide bonds. The quantitative estimate of drug-likeness (QED) is 0.777. The van der Waals surface area contributed by atoms with Gasteiger partial charge in [0.1, 0.15) is 5.75 Å². The molecule has 14 heavy (non-hydrogen) atoms. The Bertz CT molecular complexity index is 398. The number of aromatic nitrogens is 2. The first-order valence-corrected chi connectivity index (χ1v) is 4.30. The van der Waals surface area contributed by atoms with Crippen molar-refractivity contribution in [2.24, 2.45) is 0 Å². The summed E-state index contributed by atoms with van der Waals surface area (Å²) in [5, 5.41) is 9.87. The van der Waals surface area contributed by atoms with E-state index in [9.17, 15) is 0 Å². The first kappa shape index (κ1) is 8.62. The molecule has 2 N–H and O–H groups in total. The minimum atomic E-state index is 0.773. The molecule has 0 saturated heterocycles. The van der Waals surface area contributed by atoms with Crippen molar-refractivity contribution in [3.05, 3.63) is 36.5 Å². The van der Waals surface area contributed by atoms with Gasteiger partial charge in [0, 0.05) is 12.3 Å². The molecule has 2 rings (SSSR count). The van der Waals surface area contributed by atoms with Crippen LogP contribution in [-0.4, -0.2) is 17.3 Å². The van der Waals surface area contributed by atoms with Crippen molar-refractivity contribution in [3.63, 3.8) is 0 Å². The minimum Gasteiger partial charge on any atom is -0.495 e. The highest BCUT2D eigenvalue weighted by atomic mass is 16.5. The molecule has 0 radical (unpaired) electrons. The molecular formula is C10H11N3O. The Morgan fingerprint density at radius 2 is 2.14 bits per heavy atom. The zero-order valence-electron chi connectivity index (χ0n) is 7.82. The van der Waals surface area contributed by atoms with Crippen LogP contribution >= 0.6 is 0 Å². The fraction of sp³-hybridized carbons (Fsp3) is 0.100. The van der Waals surface area contributed by atoms with Crippen LogP contribution in [0.2, 0.25) is 0 Å². The molecule has 4 nitrogen and oxygen atoms in total. The first-order chi connectivity index (χ1) is 6.90. The molecule has 2 aromatic rings. The highest BCUT2D eigenvalue weighted by Gasteiger charge is 2.01. The van der Waals surface area contributed by atoms with Gasteiger partial charge in [-0.2, -0.15) is 5.10 Å². The van der Waals surface area contributed by atoms with Crippen LogP contribution in [0.4, 0.5) is 11.5 Å². The van der Waals surface area contributed by atoms with Crippen LogP contribution < -0.4 is 10.1 Å². The molecule has 0 aliphatic carbocycles. The number of nitrogens with one attached hydrogen (secondary N) is 2. The van der Waals surface area contributed by atoms with Crippen molar-refractivity contribution in [3.8, 4) is 5.75 Å². The van der Waals surface area contributed by atoms with Gasteiger partial charge in [-0.25, -0.2) is 0 Å². The van der Waals surface area contributed by atoms with Crippen LogP contribution in [0.15, 0.2) is 36.5 Å². The minimum absolute atomic E-state index is 0.773. The number of benzene rings is 1. The fourth-order valence-electron chi connectivity index (χ4n) is 1.22. The predicted molar refractivity (Wildman–Crippen MR) is 54.9 cm³/mol. The van der Waals surface area contributed by atoms with E-state index in [2.05, 4.69) is 15.5 Å². The van der Waals surface area contributed by atoms with Gasteiger partial charge in [-0.3, -0.25) is 5.10 Å². The fourth-order valence-corrected chi connectivity index (χ4v) is 1.22. The number of methoxy groups -OCH3 is 1. The number of aromatic amines is 1. The van der Waals surface area contributed by atoms with Crippen LogP contribution in [-0.2, 0) is 0 Å². The predicted octanol–water partition coefficient (Wildman–Crippen LogP) is 2.16. The van der Waals surface area contributed by atoms with Gasteiger partial charge in [0.2, 0.25) is 0 Å². The van der Waals surface area contributed by atoms with Gasteiger partial charge >= 0.3 is 0 Å². The van der Waals surface area contributed by atoms with E-state index >= 15 is 0 Å². The largest absolute Gasteiger partial charge is 0.495 e. The number of para-hydroxylation sites is 2. The van der Waals surface area contributed by atoms with Gasteiger partial charge in [0.15, 0.2) is 5.82 Å². The van der Waals surface area contributed by atoms with Crippen LogP contribution in [0.5, 0.6) is 5.75 Å². The summed E-state index contributed by atoms with van der Waals surface area (Å²) in [6.07, 6.45) is 1.76. The average molecular weight is 189 g/mol. The number of rotatable bonds is 3. The Morgan fingerprint density at radius 1 is 1.29 bits per heavy atom. The van der Waals surface area contributed by atoms with Crippen LogP contribution in [0.1, 0.15) is 0 Å². The number of H-pyrrole nitrogens is 1. The van der Waals surface area contributed by atoms with E-state index in [1.54, 1.807) is 13.3 Å². The maximum absolute atomic E-state index is 5.19. The Kier molecular flexibility index (Phi) is 2.36. The van der Waals surface area contributed by atoms with E-state index in [0.29, 0.717) is 0 Å². The van der Waals surface area contributed by atoms with Gasteiger partial charge in [-0.1, -0.05) is 12.1 Å². The van der Waals surface area contributed by atoms with Crippen molar-refractivity contribution >= 4 is 11.5 Å². The highest BCUT2D eigenvalue weighted by molar-refractivity contribution is 5.63. The lowest BCUT2D eigenvalue weighted by atomic mass is 10.3. The van der Waals surface area contributed by atoms with Gasteiger partial charge < -0.3 is 10.1 Å². The summed E-state index contributed by atoms with van der Waals surface area (Å²) < 4.78 is 5.19. The summed E-state index contributed by atoms with van der Waals surface area (Å²) in [4.78, 5) is 0. The highest BCUT2D eigenvalue weighted by Crippen LogP contribution is 2.25. The van der Waals surface area contributed by atoms with E-state index in [4.69, 9.17) is 4.74 Å². The molecule has 0 aliphatic rings. The lowest BCUT2D eigenvalue weighted by molar-refractivity contribution is 0.417. The number of ether oxygens (including phenoxy) is 1. The van der Waals surface area contributed by atoms with Crippen LogP contribution in [0.3, 0.4) is 0 Å². The number of nitrogens with zero attached hydrogens (tertiary/aromatic N) is 1. The summed E-state index contributed by atoms with van der Waals surface area (Å²) in [6.45, 7) is 0. The molecule has 0 unspecified atom stereocenters. The second kappa shape index (κ2) is 3.83. The van der Waals surface area contributed by atoms with Gasteiger partial charge in [-0.05, 0) is 12.1 Å². The number of anilines is 2. The molecule has 1 aromatic heterocycles. The van der Waals surface area contributed by atoms with E-state index in [-0.39, 0.29) is 0 Å². The van der Waals surface area contributed by atoms with Crippen molar-refractivity contribution in [2.45, 2.75) is 0 Å². The molecule has 4 heteroatoms. The Hall–Kier alpha value is -1.97. The summed E-state index contributed by atoms with van der Waals surface area (Å²) in [5.74, 6) is 1.57. The average Bonchev–Trinajstić information content (AvgIpc) is 2.71. The molecule has 72 valence electrons. The second-order valence-electron chi connectivity index (χ2n) is 2.78. The Labute approximate surface area is 81.9 Å². The zero-order chi connectivity index (χ0) is 9.80. The van der Waals surface area contributed by atoms with Crippen molar-refractivity contribution < 1.29 is 4.74 Å². The SMILES string of the molecule is COc1ccccc1Nc1cc[nH]n1. The molecule has 0 bridgehead atoms. The molecule has 0 aliphatic heterocycles. The monoisotopic (exact) mass is 189 g/mol. The van der Waals surface area contributed by atoms with E-state index < -0.39 is 0 Å². The van der Waals surface area contributed by atoms with E-state index in [1.807, 2.05) is 30.3 Å². The molecule has 1 aromatic carbocycles. The first-order valence-electron chi connectivity index (χ1n) is 4.30. The summed E-state index contributed by atoms with van der Waals surface area (Å²) in [5.41, 5.74) is 0.905. The van der Waals surface area contributed by atoms with Crippen molar-refractivity contribution in [2.75, 3.05) is 12.4 Å². The van der Waals surface area contributed by atoms with Crippen LogP contribution in [0.25, 0.3) is 0 Å². The Balaban J connectivity index is 2.24. The lowest BCUT2D eigenvalue weighted by Crippen LogP contribution is -1.94. The lowest BCUT2D eigenvalue weighted by Gasteiger charge is -2.07. The van der Waals surface area contributed by atoms with Gasteiger partial charge in [-0.15, -0.1) is 0 Å². The van der Waals surface area contributed by atoms with Crippen molar-refractivity contribution in [1.29, 1.82) is 0 Å². The molecule has 1 heterocycles. The van der Waals surface area contributed by atoms with E-state index in [0.717, 1.165) is 17.3 Å². The third-order valence-corrected chi connectivity index (χ3v) is 1.87. The zero-order valence-corrected chi connectivity index (χ0v) is 7.82. The number of hydrogen-bond donors (Lipinski definition) is 2. The molecule has 0 saturated carbocycles. The third-order valence-electron chi connectivity index (χ3n) is 1.87. The van der Waals surface area contributed by atoms with Crippen LogP contribution in [0, 0.1) is 0 Å². The molecule has 0 fully saturated rings. The summed E-state index contributed by atoms with van der Waals surface area (Å²) in [6, 6.07) is 9.56. The van der Waals surface area contributed by atoms with Gasteiger partial charge in [0.05, 0.1) is 12.8 Å². The summed E-state index contributed by atoms with van der Waals surface area (Å²) >= 11 is 0. The normalized spacial score (nSPS) is 9.79. The van der Waals surface area contributed by atoms with Gasteiger partial charge in [0.25, 0.3) is 0 Å².